The van der Waals surface area contributed by atoms with Crippen molar-refractivity contribution < 1.29 is 9.13 Å². The second kappa shape index (κ2) is 5.58. The van der Waals surface area contributed by atoms with Crippen molar-refractivity contribution >= 4 is 33.2 Å². The lowest BCUT2D eigenvalue weighted by molar-refractivity contribution is 0.466. The first-order chi connectivity index (χ1) is 10.1. The summed E-state index contributed by atoms with van der Waals surface area (Å²) in [5.41, 5.74) is 0.517. The molecule has 3 nitrogen and oxygen atoms in total. The number of benzene rings is 1. The number of thiophene rings is 1. The number of hydrogen-bond acceptors (Lipinski definition) is 4. The number of aromatic nitrogens is 2. The molecule has 21 heavy (non-hydrogen) atoms. The van der Waals surface area contributed by atoms with Crippen molar-refractivity contribution in [1.29, 1.82) is 0 Å². The third-order valence-electron chi connectivity index (χ3n) is 3.07. The average Bonchev–Trinajstić information content (AvgIpc) is 2.86. The fourth-order valence-electron chi connectivity index (χ4n) is 1.96. The van der Waals surface area contributed by atoms with E-state index >= 15 is 0 Å². The van der Waals surface area contributed by atoms with Crippen LogP contribution in [-0.4, -0.2) is 9.97 Å². The minimum atomic E-state index is -0.267. The van der Waals surface area contributed by atoms with Gasteiger partial charge in [0.1, 0.15) is 16.4 Å². The van der Waals surface area contributed by atoms with Crippen LogP contribution < -0.4 is 4.74 Å². The number of fused-ring (bicyclic) bond motifs is 1. The molecule has 0 radical (unpaired) electrons. The smallest absolute Gasteiger partial charge is 0.232 e. The molecular weight excluding hydrogens is 311 g/mol. The lowest BCUT2D eigenvalue weighted by atomic mass is 10.2. The van der Waals surface area contributed by atoms with Crippen LogP contribution in [0.4, 0.5) is 4.39 Å². The molecule has 0 unspecified atom stereocenters. The SMILES string of the molecule is CCc1cc2c(Oc3ccc(F)c(C)c3)nc(Cl)nc2s1. The zero-order valence-corrected chi connectivity index (χ0v) is 13.1. The molecule has 0 spiro atoms. The summed E-state index contributed by atoms with van der Waals surface area (Å²) in [7, 11) is 0. The van der Waals surface area contributed by atoms with E-state index in [0.29, 0.717) is 17.2 Å². The largest absolute Gasteiger partial charge is 0.438 e. The molecule has 2 heterocycles. The van der Waals surface area contributed by atoms with Crippen LogP contribution in [-0.2, 0) is 6.42 Å². The van der Waals surface area contributed by atoms with Gasteiger partial charge in [-0.25, -0.2) is 9.37 Å². The van der Waals surface area contributed by atoms with Crippen molar-refractivity contribution in [2.75, 3.05) is 0 Å². The van der Waals surface area contributed by atoms with E-state index in [1.807, 2.05) is 6.07 Å². The number of rotatable bonds is 3. The minimum absolute atomic E-state index is 0.140. The summed E-state index contributed by atoms with van der Waals surface area (Å²) in [5, 5.41) is 0.962. The highest BCUT2D eigenvalue weighted by Crippen LogP contribution is 2.34. The second-order valence-corrected chi connectivity index (χ2v) is 6.05. The molecule has 0 N–H and O–H groups in total. The summed E-state index contributed by atoms with van der Waals surface area (Å²) < 4.78 is 19.1. The van der Waals surface area contributed by atoms with E-state index in [2.05, 4.69) is 16.9 Å². The van der Waals surface area contributed by atoms with Crippen LogP contribution >= 0.6 is 22.9 Å². The van der Waals surface area contributed by atoms with Gasteiger partial charge in [0.25, 0.3) is 0 Å². The quantitative estimate of drug-likeness (QED) is 0.626. The molecule has 0 bridgehead atoms. The molecule has 6 heteroatoms. The minimum Gasteiger partial charge on any atom is -0.438 e. The van der Waals surface area contributed by atoms with E-state index in [1.54, 1.807) is 30.4 Å². The third-order valence-corrected chi connectivity index (χ3v) is 4.42. The van der Waals surface area contributed by atoms with Gasteiger partial charge in [0.2, 0.25) is 11.2 Å². The van der Waals surface area contributed by atoms with Crippen LogP contribution in [0, 0.1) is 12.7 Å². The zero-order valence-electron chi connectivity index (χ0n) is 11.5. The highest BCUT2D eigenvalue weighted by Gasteiger charge is 2.13. The van der Waals surface area contributed by atoms with Gasteiger partial charge >= 0.3 is 0 Å². The molecule has 0 aliphatic carbocycles. The van der Waals surface area contributed by atoms with Crippen molar-refractivity contribution in [3.05, 3.63) is 45.8 Å². The van der Waals surface area contributed by atoms with E-state index in [9.17, 15) is 4.39 Å². The molecule has 0 fully saturated rings. The zero-order chi connectivity index (χ0) is 15.0. The first kappa shape index (κ1) is 14.2. The molecule has 0 saturated heterocycles. The summed E-state index contributed by atoms with van der Waals surface area (Å²) in [6, 6.07) is 6.57. The van der Waals surface area contributed by atoms with Crippen molar-refractivity contribution in [1.82, 2.24) is 9.97 Å². The number of ether oxygens (including phenoxy) is 1. The van der Waals surface area contributed by atoms with E-state index in [1.165, 1.54) is 10.9 Å². The van der Waals surface area contributed by atoms with Crippen molar-refractivity contribution in [3.8, 4) is 11.6 Å². The Labute approximate surface area is 130 Å². The standard InChI is InChI=1S/C15H12ClFN2OS/c1-3-10-7-11-13(18-15(16)19-14(11)21-10)20-9-4-5-12(17)8(2)6-9/h4-7H,3H2,1-2H3. The maximum atomic E-state index is 13.3. The molecule has 3 aromatic rings. The summed E-state index contributed by atoms with van der Waals surface area (Å²) >= 11 is 7.51. The Kier molecular flexibility index (Phi) is 3.78. The predicted molar refractivity (Wildman–Crippen MR) is 83.0 cm³/mol. The molecule has 0 atom stereocenters. The van der Waals surface area contributed by atoms with Gasteiger partial charge in [0.15, 0.2) is 0 Å². The van der Waals surface area contributed by atoms with Gasteiger partial charge in [0.05, 0.1) is 5.39 Å². The van der Waals surface area contributed by atoms with E-state index < -0.39 is 0 Å². The molecular formula is C15H12ClFN2OS. The molecule has 0 aliphatic rings. The lowest BCUT2D eigenvalue weighted by Crippen LogP contribution is -1.92. The Balaban J connectivity index is 2.06. The van der Waals surface area contributed by atoms with E-state index in [0.717, 1.165) is 16.6 Å². The van der Waals surface area contributed by atoms with Crippen LogP contribution in [0.1, 0.15) is 17.4 Å². The monoisotopic (exact) mass is 322 g/mol. The number of halogens is 2. The van der Waals surface area contributed by atoms with Gasteiger partial charge in [-0.1, -0.05) is 6.92 Å². The predicted octanol–water partition coefficient (Wildman–Crippen LogP) is 5.15. The molecule has 2 aromatic heterocycles. The molecule has 0 aliphatic heterocycles. The Morgan fingerprint density at radius 2 is 2.10 bits per heavy atom. The van der Waals surface area contributed by atoms with Gasteiger partial charge in [-0.05, 0) is 54.8 Å². The Bertz CT molecular complexity index is 819. The maximum absolute atomic E-state index is 13.3. The number of aryl methyl sites for hydroxylation is 2. The van der Waals surface area contributed by atoms with E-state index in [4.69, 9.17) is 16.3 Å². The third kappa shape index (κ3) is 2.84. The summed E-state index contributed by atoms with van der Waals surface area (Å²) in [4.78, 5) is 10.3. The van der Waals surface area contributed by atoms with Crippen LogP contribution in [0.5, 0.6) is 11.6 Å². The molecule has 3 rings (SSSR count). The van der Waals surface area contributed by atoms with Crippen molar-refractivity contribution in [3.63, 3.8) is 0 Å². The van der Waals surface area contributed by atoms with Crippen LogP contribution in [0.3, 0.4) is 0 Å². The number of nitrogens with zero attached hydrogens (tertiary/aromatic N) is 2. The molecule has 0 saturated carbocycles. The van der Waals surface area contributed by atoms with Gasteiger partial charge in [-0.2, -0.15) is 4.98 Å². The topological polar surface area (TPSA) is 35.0 Å². The van der Waals surface area contributed by atoms with Crippen LogP contribution in [0.25, 0.3) is 10.2 Å². The lowest BCUT2D eigenvalue weighted by Gasteiger charge is -2.07. The van der Waals surface area contributed by atoms with E-state index in [-0.39, 0.29) is 11.1 Å². The normalized spacial score (nSPS) is 11.0. The highest BCUT2D eigenvalue weighted by atomic mass is 35.5. The van der Waals surface area contributed by atoms with Crippen molar-refractivity contribution in [2.45, 2.75) is 20.3 Å². The summed E-state index contributed by atoms with van der Waals surface area (Å²) in [6.07, 6.45) is 0.910. The summed E-state index contributed by atoms with van der Waals surface area (Å²) in [5.74, 6) is 0.651. The van der Waals surface area contributed by atoms with Gasteiger partial charge in [0, 0.05) is 4.88 Å². The Morgan fingerprint density at radius 3 is 2.81 bits per heavy atom. The fraction of sp³-hybridized carbons (Fsp3) is 0.200. The highest BCUT2D eigenvalue weighted by molar-refractivity contribution is 7.18. The first-order valence-corrected chi connectivity index (χ1v) is 7.66. The van der Waals surface area contributed by atoms with Crippen molar-refractivity contribution in [2.24, 2.45) is 0 Å². The van der Waals surface area contributed by atoms with Gasteiger partial charge in [-0.15, -0.1) is 11.3 Å². The number of hydrogen-bond donors (Lipinski definition) is 0. The Hall–Kier alpha value is -1.72. The van der Waals surface area contributed by atoms with Gasteiger partial charge in [-0.3, -0.25) is 0 Å². The van der Waals surface area contributed by atoms with Gasteiger partial charge < -0.3 is 4.74 Å². The molecule has 0 amide bonds. The molecule has 108 valence electrons. The summed E-state index contributed by atoms with van der Waals surface area (Å²) in [6.45, 7) is 3.76. The molecule has 1 aromatic carbocycles. The first-order valence-electron chi connectivity index (χ1n) is 6.46. The maximum Gasteiger partial charge on any atom is 0.232 e. The fourth-order valence-corrected chi connectivity index (χ4v) is 3.13. The van der Waals surface area contributed by atoms with Crippen LogP contribution in [0.2, 0.25) is 5.28 Å². The second-order valence-electron chi connectivity index (χ2n) is 4.60. The van der Waals surface area contributed by atoms with Crippen LogP contribution in [0.15, 0.2) is 24.3 Å². The average molecular weight is 323 g/mol. The Morgan fingerprint density at radius 1 is 1.29 bits per heavy atom.